The fourth-order valence-electron chi connectivity index (χ4n) is 6.04. The summed E-state index contributed by atoms with van der Waals surface area (Å²) >= 11 is 0. The molecule has 5 rings (SSSR count). The largest absolute Gasteiger partial charge is 0.350 e. The van der Waals surface area contributed by atoms with Crippen molar-refractivity contribution in [2.75, 3.05) is 6.54 Å². The van der Waals surface area contributed by atoms with Crippen LogP contribution in [0, 0.1) is 12.8 Å². The standard InChI is InChI=1S/C31H39N3/c1-5-29(31-18-25-14-16-32-17-15-30(25)34(31)4)33-20-23-10-12-24(13-11-23)28-19-27(28)22(3)26-9-7-6-8-21(26)2/h6-13,17-18,22,27-29,33H,5,14-16,19-20H2,1-4H3. The Hall–Kier alpha value is -2.65. The van der Waals surface area contributed by atoms with Crippen molar-refractivity contribution in [3.05, 3.63) is 93.8 Å². The number of nitrogens with one attached hydrogen (secondary N) is 1. The van der Waals surface area contributed by atoms with E-state index < -0.39 is 0 Å². The maximum absolute atomic E-state index is 4.47. The highest BCUT2D eigenvalue weighted by Gasteiger charge is 2.42. The highest BCUT2D eigenvalue weighted by molar-refractivity contribution is 5.63. The van der Waals surface area contributed by atoms with E-state index in [-0.39, 0.29) is 0 Å². The van der Waals surface area contributed by atoms with Crippen molar-refractivity contribution in [2.45, 2.75) is 70.9 Å². The number of hydrogen-bond acceptors (Lipinski definition) is 2. The monoisotopic (exact) mass is 453 g/mol. The molecule has 0 bridgehead atoms. The Balaban J connectivity index is 1.21. The van der Waals surface area contributed by atoms with Gasteiger partial charge in [0.15, 0.2) is 0 Å². The third kappa shape index (κ3) is 4.63. The molecule has 0 saturated heterocycles. The Morgan fingerprint density at radius 2 is 1.91 bits per heavy atom. The molecule has 1 aliphatic carbocycles. The van der Waals surface area contributed by atoms with Crippen LogP contribution in [0.4, 0.5) is 0 Å². The van der Waals surface area contributed by atoms with Crippen LogP contribution in [0.15, 0.2) is 59.6 Å². The number of aryl methyl sites for hydroxylation is 1. The third-order valence-electron chi connectivity index (χ3n) is 8.30. The van der Waals surface area contributed by atoms with Crippen LogP contribution >= 0.6 is 0 Å². The summed E-state index contributed by atoms with van der Waals surface area (Å²) < 4.78 is 2.40. The molecule has 0 radical (unpaired) electrons. The van der Waals surface area contributed by atoms with Crippen LogP contribution in [0.3, 0.4) is 0 Å². The Labute approximate surface area is 205 Å². The summed E-state index contributed by atoms with van der Waals surface area (Å²) in [6.45, 7) is 8.76. The maximum atomic E-state index is 4.47. The molecule has 1 aromatic heterocycles. The quantitative estimate of drug-likeness (QED) is 0.406. The van der Waals surface area contributed by atoms with E-state index in [4.69, 9.17) is 0 Å². The zero-order chi connectivity index (χ0) is 23.7. The topological polar surface area (TPSA) is 29.3 Å². The van der Waals surface area contributed by atoms with Crippen molar-refractivity contribution in [3.8, 4) is 0 Å². The Morgan fingerprint density at radius 3 is 2.68 bits per heavy atom. The van der Waals surface area contributed by atoms with Gasteiger partial charge in [0.2, 0.25) is 0 Å². The van der Waals surface area contributed by atoms with Gasteiger partial charge in [-0.25, -0.2) is 0 Å². The second-order valence-corrected chi connectivity index (χ2v) is 10.4. The number of benzene rings is 2. The van der Waals surface area contributed by atoms with Crippen LogP contribution in [0.25, 0.3) is 0 Å². The van der Waals surface area contributed by atoms with E-state index in [9.17, 15) is 0 Å². The normalized spacial score (nSPS) is 21.1. The number of nitrogens with zero attached hydrogens (tertiary/aromatic N) is 2. The van der Waals surface area contributed by atoms with Gasteiger partial charge >= 0.3 is 0 Å². The molecule has 3 nitrogen and oxygen atoms in total. The van der Waals surface area contributed by atoms with Crippen molar-refractivity contribution in [1.29, 1.82) is 0 Å². The molecular formula is C31H39N3. The summed E-state index contributed by atoms with van der Waals surface area (Å²) in [6.07, 6.45) is 6.49. The molecule has 4 atom stereocenters. The molecule has 3 heteroatoms. The zero-order valence-electron chi connectivity index (χ0n) is 21.2. The molecule has 2 heterocycles. The van der Waals surface area contributed by atoms with Crippen molar-refractivity contribution in [3.63, 3.8) is 0 Å². The van der Waals surface area contributed by atoms with E-state index in [2.05, 4.69) is 104 Å². The maximum Gasteiger partial charge on any atom is 0.0474 e. The Morgan fingerprint density at radius 1 is 1.12 bits per heavy atom. The SMILES string of the molecule is CCC(NCc1ccc(C2CC2C(C)c2ccccc2C)cc1)c1cc2c(n1C)CC=NCC2. The van der Waals surface area contributed by atoms with Crippen LogP contribution < -0.4 is 5.32 Å². The van der Waals surface area contributed by atoms with Crippen LogP contribution in [0.5, 0.6) is 0 Å². The molecule has 2 aliphatic rings. The van der Waals surface area contributed by atoms with E-state index in [1.807, 2.05) is 0 Å². The van der Waals surface area contributed by atoms with Crippen LogP contribution in [-0.4, -0.2) is 17.3 Å². The van der Waals surface area contributed by atoms with Crippen molar-refractivity contribution in [2.24, 2.45) is 18.0 Å². The Bertz CT molecular complexity index is 1150. The molecule has 1 fully saturated rings. The zero-order valence-corrected chi connectivity index (χ0v) is 21.2. The molecule has 34 heavy (non-hydrogen) atoms. The Kier molecular flexibility index (Phi) is 6.74. The predicted octanol–water partition coefficient (Wildman–Crippen LogP) is 6.65. The molecule has 1 saturated carbocycles. The van der Waals surface area contributed by atoms with Crippen LogP contribution in [0.1, 0.15) is 83.8 Å². The molecule has 178 valence electrons. The molecule has 3 aromatic rings. The summed E-state index contributed by atoms with van der Waals surface area (Å²) in [5.74, 6) is 2.11. The van der Waals surface area contributed by atoms with Crippen molar-refractivity contribution >= 4 is 6.21 Å². The van der Waals surface area contributed by atoms with Crippen molar-refractivity contribution < 1.29 is 0 Å². The summed E-state index contributed by atoms with van der Waals surface area (Å²) in [5.41, 5.74) is 10.1. The highest BCUT2D eigenvalue weighted by atomic mass is 15.0. The molecule has 2 aromatic carbocycles. The van der Waals surface area contributed by atoms with Gasteiger partial charge in [-0.3, -0.25) is 4.99 Å². The summed E-state index contributed by atoms with van der Waals surface area (Å²) in [4.78, 5) is 4.47. The van der Waals surface area contributed by atoms with E-state index in [0.717, 1.165) is 38.3 Å². The van der Waals surface area contributed by atoms with Crippen LogP contribution in [-0.2, 0) is 26.4 Å². The smallest absolute Gasteiger partial charge is 0.0474 e. The first kappa shape index (κ1) is 23.1. The van der Waals surface area contributed by atoms with E-state index in [0.29, 0.717) is 17.9 Å². The number of aliphatic imine (C=N–C) groups is 1. The molecule has 0 spiro atoms. The molecule has 0 amide bonds. The van der Waals surface area contributed by atoms with E-state index in [1.54, 1.807) is 0 Å². The minimum atomic E-state index is 0.372. The highest BCUT2D eigenvalue weighted by Crippen LogP contribution is 2.55. The van der Waals surface area contributed by atoms with Gasteiger partial charge in [0.25, 0.3) is 0 Å². The first-order chi connectivity index (χ1) is 16.6. The molecule has 1 aliphatic heterocycles. The lowest BCUT2D eigenvalue weighted by molar-refractivity contribution is 0.491. The molecule has 1 N–H and O–H groups in total. The van der Waals surface area contributed by atoms with Gasteiger partial charge in [-0.1, -0.05) is 62.4 Å². The minimum absolute atomic E-state index is 0.372. The first-order valence-electron chi connectivity index (χ1n) is 13.1. The number of hydrogen-bond donors (Lipinski definition) is 1. The summed E-state index contributed by atoms with van der Waals surface area (Å²) in [7, 11) is 2.22. The fourth-order valence-corrected chi connectivity index (χ4v) is 6.04. The third-order valence-corrected chi connectivity index (χ3v) is 8.30. The van der Waals surface area contributed by atoms with Gasteiger partial charge in [0, 0.05) is 50.2 Å². The van der Waals surface area contributed by atoms with Crippen LogP contribution in [0.2, 0.25) is 0 Å². The average molecular weight is 454 g/mol. The second kappa shape index (κ2) is 9.92. The lowest BCUT2D eigenvalue weighted by atomic mass is 9.90. The van der Waals surface area contributed by atoms with Gasteiger partial charge in [-0.2, -0.15) is 0 Å². The second-order valence-electron chi connectivity index (χ2n) is 10.4. The van der Waals surface area contributed by atoms with E-state index in [1.165, 1.54) is 45.6 Å². The molecule has 4 unspecified atom stereocenters. The average Bonchev–Trinajstić information content (AvgIpc) is 3.63. The summed E-state index contributed by atoms with van der Waals surface area (Å²) in [5, 5.41) is 3.83. The summed E-state index contributed by atoms with van der Waals surface area (Å²) in [6, 6.07) is 21.1. The lowest BCUT2D eigenvalue weighted by Gasteiger charge is -2.19. The van der Waals surface area contributed by atoms with E-state index >= 15 is 0 Å². The van der Waals surface area contributed by atoms with Crippen molar-refractivity contribution in [1.82, 2.24) is 9.88 Å². The van der Waals surface area contributed by atoms with Gasteiger partial charge in [0.05, 0.1) is 0 Å². The number of fused-ring (bicyclic) bond motifs is 1. The fraction of sp³-hybridized carbons (Fsp3) is 0.452. The van der Waals surface area contributed by atoms with Gasteiger partial charge in [-0.05, 0) is 77.8 Å². The van der Waals surface area contributed by atoms with Gasteiger partial charge in [-0.15, -0.1) is 0 Å². The minimum Gasteiger partial charge on any atom is -0.350 e. The lowest BCUT2D eigenvalue weighted by Crippen LogP contribution is -2.22. The van der Waals surface area contributed by atoms with Gasteiger partial charge in [0.1, 0.15) is 0 Å². The molecular weight excluding hydrogens is 414 g/mol. The number of rotatable bonds is 8. The first-order valence-corrected chi connectivity index (χ1v) is 13.1. The van der Waals surface area contributed by atoms with Gasteiger partial charge < -0.3 is 9.88 Å². The number of aromatic nitrogens is 1. The predicted molar refractivity (Wildman–Crippen MR) is 143 cm³/mol.